The molecule has 2 fully saturated rings. The SMILES string of the molecule is C=CC(=O)C1CCN(c2nc(OC[C@@H]3CCCN3C)nc3c2CCN(c2cccc4cccc(Cl)c24)C3)CC1. The fourth-order valence-electron chi connectivity index (χ4n) is 6.36. The van der Waals surface area contributed by atoms with Gasteiger partial charge in [-0.15, -0.1) is 0 Å². The number of ketones is 1. The van der Waals surface area contributed by atoms with E-state index in [-0.39, 0.29) is 11.7 Å². The number of anilines is 2. The minimum absolute atomic E-state index is 0.0524. The maximum Gasteiger partial charge on any atom is 0.318 e. The number of likely N-dealkylation sites (N-methyl/N-ethyl adjacent to an activating group) is 1. The highest BCUT2D eigenvalue weighted by Crippen LogP contribution is 2.37. The third-order valence-corrected chi connectivity index (χ3v) is 8.98. The van der Waals surface area contributed by atoms with E-state index in [0.29, 0.717) is 25.2 Å². The summed E-state index contributed by atoms with van der Waals surface area (Å²) in [5.41, 5.74) is 3.33. The summed E-state index contributed by atoms with van der Waals surface area (Å²) in [5, 5.41) is 2.98. The Bertz CT molecular complexity index is 1380. The fraction of sp³-hybridized carbons (Fsp3) is 0.452. The molecule has 7 nitrogen and oxygen atoms in total. The molecule has 3 aromatic rings. The molecule has 0 bridgehead atoms. The van der Waals surface area contributed by atoms with E-state index in [9.17, 15) is 4.79 Å². The number of hydrogen-bond acceptors (Lipinski definition) is 7. The van der Waals surface area contributed by atoms with Crippen molar-refractivity contribution in [3.63, 3.8) is 0 Å². The van der Waals surface area contributed by atoms with Crippen molar-refractivity contribution in [3.05, 3.63) is 65.3 Å². The highest BCUT2D eigenvalue weighted by Gasteiger charge is 2.30. The van der Waals surface area contributed by atoms with E-state index >= 15 is 0 Å². The third kappa shape index (κ3) is 5.22. The molecule has 0 amide bonds. The number of benzene rings is 2. The molecular formula is C31H36ClN5O2. The Morgan fingerprint density at radius 3 is 2.62 bits per heavy atom. The van der Waals surface area contributed by atoms with Crippen molar-refractivity contribution in [1.29, 1.82) is 0 Å². The van der Waals surface area contributed by atoms with Crippen molar-refractivity contribution in [1.82, 2.24) is 14.9 Å². The topological polar surface area (TPSA) is 61.8 Å². The molecule has 0 spiro atoms. The van der Waals surface area contributed by atoms with Crippen LogP contribution in [0.15, 0.2) is 49.1 Å². The summed E-state index contributed by atoms with van der Waals surface area (Å²) in [7, 11) is 2.15. The summed E-state index contributed by atoms with van der Waals surface area (Å²) in [5.74, 6) is 1.17. The Morgan fingerprint density at radius 2 is 1.87 bits per heavy atom. The molecule has 6 rings (SSSR count). The molecule has 2 aromatic carbocycles. The maximum absolute atomic E-state index is 12.2. The zero-order valence-corrected chi connectivity index (χ0v) is 23.4. The molecule has 8 heteroatoms. The number of carbonyl (C=O) groups excluding carboxylic acids is 1. The van der Waals surface area contributed by atoms with Crippen LogP contribution in [0.5, 0.6) is 6.01 Å². The highest BCUT2D eigenvalue weighted by atomic mass is 35.5. The zero-order valence-electron chi connectivity index (χ0n) is 22.6. The van der Waals surface area contributed by atoms with Gasteiger partial charge in [-0.2, -0.15) is 9.97 Å². The Kier molecular flexibility index (Phi) is 7.45. The lowest BCUT2D eigenvalue weighted by atomic mass is 9.92. The summed E-state index contributed by atoms with van der Waals surface area (Å²) in [6.07, 6.45) is 6.26. The molecule has 3 aliphatic heterocycles. The van der Waals surface area contributed by atoms with Crippen molar-refractivity contribution in [2.45, 2.75) is 44.7 Å². The largest absolute Gasteiger partial charge is 0.462 e. The molecule has 4 heterocycles. The first-order valence-corrected chi connectivity index (χ1v) is 14.5. The minimum Gasteiger partial charge on any atom is -0.462 e. The second-order valence-electron chi connectivity index (χ2n) is 11.0. The molecule has 3 aliphatic rings. The van der Waals surface area contributed by atoms with E-state index in [1.165, 1.54) is 18.1 Å². The van der Waals surface area contributed by atoms with Gasteiger partial charge in [0.15, 0.2) is 5.78 Å². The third-order valence-electron chi connectivity index (χ3n) is 8.67. The lowest BCUT2D eigenvalue weighted by molar-refractivity contribution is -0.118. The quantitative estimate of drug-likeness (QED) is 0.374. The summed E-state index contributed by atoms with van der Waals surface area (Å²) >= 11 is 6.68. The van der Waals surface area contributed by atoms with Crippen LogP contribution in [0.2, 0.25) is 5.02 Å². The van der Waals surface area contributed by atoms with Crippen molar-refractivity contribution in [2.75, 3.05) is 49.6 Å². The van der Waals surface area contributed by atoms with Gasteiger partial charge in [0.05, 0.1) is 17.3 Å². The molecule has 0 aliphatic carbocycles. The molecule has 2 saturated heterocycles. The first-order valence-electron chi connectivity index (χ1n) is 14.1. The number of rotatable bonds is 7. The second-order valence-corrected chi connectivity index (χ2v) is 11.4. The van der Waals surface area contributed by atoms with Gasteiger partial charge in [-0.1, -0.05) is 42.4 Å². The number of allylic oxidation sites excluding steroid dienone is 1. The Hall–Kier alpha value is -3.16. The number of fused-ring (bicyclic) bond motifs is 2. The van der Waals surface area contributed by atoms with Crippen LogP contribution in [0.3, 0.4) is 0 Å². The first-order chi connectivity index (χ1) is 19.0. The van der Waals surface area contributed by atoms with Crippen LogP contribution in [0, 0.1) is 5.92 Å². The van der Waals surface area contributed by atoms with Gasteiger partial charge in [-0.05, 0) is 69.3 Å². The molecule has 0 radical (unpaired) electrons. The van der Waals surface area contributed by atoms with Gasteiger partial charge in [-0.3, -0.25) is 4.79 Å². The number of piperidine rings is 1. The lowest BCUT2D eigenvalue weighted by Crippen LogP contribution is -2.39. The molecular weight excluding hydrogens is 510 g/mol. The van der Waals surface area contributed by atoms with E-state index < -0.39 is 0 Å². The number of nitrogens with zero attached hydrogens (tertiary/aromatic N) is 5. The smallest absolute Gasteiger partial charge is 0.318 e. The summed E-state index contributed by atoms with van der Waals surface area (Å²) in [6, 6.07) is 13.3. The molecule has 0 unspecified atom stereocenters. The Labute approximate surface area is 235 Å². The van der Waals surface area contributed by atoms with Gasteiger partial charge >= 0.3 is 6.01 Å². The van der Waals surface area contributed by atoms with Crippen molar-refractivity contribution in [3.8, 4) is 6.01 Å². The number of carbonyl (C=O) groups is 1. The molecule has 1 aromatic heterocycles. The van der Waals surface area contributed by atoms with Gasteiger partial charge in [0.25, 0.3) is 0 Å². The average molecular weight is 546 g/mol. The van der Waals surface area contributed by atoms with Gasteiger partial charge in [0, 0.05) is 48.2 Å². The van der Waals surface area contributed by atoms with Gasteiger partial charge in [0.1, 0.15) is 12.4 Å². The Balaban J connectivity index is 1.31. The Morgan fingerprint density at radius 1 is 1.08 bits per heavy atom. The number of likely N-dealkylation sites (tertiary alicyclic amines) is 1. The lowest BCUT2D eigenvalue weighted by Gasteiger charge is -2.36. The van der Waals surface area contributed by atoms with Crippen LogP contribution < -0.4 is 14.5 Å². The molecule has 0 N–H and O–H groups in total. The normalized spacial score (nSPS) is 20.3. The van der Waals surface area contributed by atoms with E-state index in [4.69, 9.17) is 26.3 Å². The van der Waals surface area contributed by atoms with Crippen molar-refractivity contribution < 1.29 is 9.53 Å². The number of ether oxygens (including phenoxy) is 1. The highest BCUT2D eigenvalue weighted by molar-refractivity contribution is 6.36. The standard InChI is InChI=1S/C31H36ClN5O2/c1-3-28(38)21-12-16-36(17-13-21)30-24-14-18-37(27-11-5-8-22-7-4-10-25(32)29(22)27)19-26(24)33-31(34-30)39-20-23-9-6-15-35(23)2/h3-5,7-8,10-11,21,23H,1,6,9,12-20H2,2H3/t23-/m0/s1. The predicted octanol–water partition coefficient (Wildman–Crippen LogP) is 5.29. The van der Waals surface area contributed by atoms with Crippen LogP contribution in [0.25, 0.3) is 10.8 Å². The summed E-state index contributed by atoms with van der Waals surface area (Å²) in [6.45, 7) is 8.48. The minimum atomic E-state index is 0.0524. The van der Waals surface area contributed by atoms with Crippen LogP contribution in [-0.4, -0.2) is 66.5 Å². The predicted molar refractivity (Wildman–Crippen MR) is 157 cm³/mol. The van der Waals surface area contributed by atoms with E-state index in [1.807, 2.05) is 12.1 Å². The number of aromatic nitrogens is 2. The summed E-state index contributed by atoms with van der Waals surface area (Å²) < 4.78 is 6.27. The number of hydrogen-bond donors (Lipinski definition) is 0. The van der Waals surface area contributed by atoms with Gasteiger partial charge < -0.3 is 19.4 Å². The van der Waals surface area contributed by atoms with Gasteiger partial charge in [-0.25, -0.2) is 0 Å². The van der Waals surface area contributed by atoms with E-state index in [2.05, 4.69) is 52.6 Å². The maximum atomic E-state index is 12.2. The van der Waals surface area contributed by atoms with Crippen molar-refractivity contribution in [2.24, 2.45) is 5.92 Å². The van der Waals surface area contributed by atoms with Gasteiger partial charge in [0.2, 0.25) is 0 Å². The molecule has 0 saturated carbocycles. The summed E-state index contributed by atoms with van der Waals surface area (Å²) in [4.78, 5) is 29.2. The second kappa shape index (κ2) is 11.1. The zero-order chi connectivity index (χ0) is 26.9. The van der Waals surface area contributed by atoms with Crippen LogP contribution in [0.1, 0.15) is 36.9 Å². The monoisotopic (exact) mass is 545 g/mol. The molecule has 204 valence electrons. The van der Waals surface area contributed by atoms with Crippen LogP contribution >= 0.6 is 11.6 Å². The fourth-order valence-corrected chi connectivity index (χ4v) is 6.64. The molecule has 39 heavy (non-hydrogen) atoms. The van der Waals surface area contributed by atoms with Crippen molar-refractivity contribution >= 4 is 39.7 Å². The number of halogens is 1. The van der Waals surface area contributed by atoms with Crippen LogP contribution in [0.4, 0.5) is 11.5 Å². The first kappa shape index (κ1) is 26.1. The van der Waals surface area contributed by atoms with Crippen LogP contribution in [-0.2, 0) is 17.8 Å². The van der Waals surface area contributed by atoms with E-state index in [1.54, 1.807) is 0 Å². The average Bonchev–Trinajstić information content (AvgIpc) is 3.39. The van der Waals surface area contributed by atoms with E-state index in [0.717, 1.165) is 84.9 Å². The molecule has 1 atom stereocenters.